The van der Waals surface area contributed by atoms with E-state index in [1.54, 1.807) is 17.0 Å². The number of amides is 2. The molecule has 1 N–H and O–H groups in total. The second kappa shape index (κ2) is 7.35. The normalized spacial score (nSPS) is 17.3. The predicted octanol–water partition coefficient (Wildman–Crippen LogP) is 2.78. The van der Waals surface area contributed by atoms with Gasteiger partial charge in [-0.2, -0.15) is 0 Å². The van der Waals surface area contributed by atoms with Gasteiger partial charge in [0.05, 0.1) is 18.1 Å². The molecule has 2 amide bonds. The summed E-state index contributed by atoms with van der Waals surface area (Å²) in [6.07, 6.45) is -0.286. The van der Waals surface area contributed by atoms with E-state index in [0.29, 0.717) is 31.0 Å². The molecule has 0 saturated carbocycles. The molecule has 1 aromatic heterocycles. The van der Waals surface area contributed by atoms with Crippen molar-refractivity contribution in [3.05, 3.63) is 63.6 Å². The molecule has 132 valence electrons. The first-order valence-corrected chi connectivity index (χ1v) is 7.97. The Morgan fingerprint density at radius 3 is 2.96 bits per heavy atom. The van der Waals surface area contributed by atoms with Crippen molar-refractivity contribution in [3.8, 4) is 0 Å². The maximum absolute atomic E-state index is 12.4. The van der Waals surface area contributed by atoms with Gasteiger partial charge in [-0.3, -0.25) is 10.1 Å². The number of nitro benzene ring substituents is 1. The maximum atomic E-state index is 12.4. The van der Waals surface area contributed by atoms with Crippen LogP contribution in [-0.2, 0) is 11.3 Å². The SMILES string of the molecule is Cc1ccc([C@H]2CN(C(=O)NCc3cccc([N+](=O)[O-])c3)CCO2)o1. The van der Waals surface area contributed by atoms with E-state index in [1.807, 2.05) is 19.1 Å². The van der Waals surface area contributed by atoms with Crippen molar-refractivity contribution in [2.24, 2.45) is 0 Å². The molecular formula is C17H19N3O5. The molecule has 0 unspecified atom stereocenters. The molecular weight excluding hydrogens is 326 g/mol. The topological polar surface area (TPSA) is 97.9 Å². The molecule has 1 aromatic carbocycles. The molecule has 1 saturated heterocycles. The first kappa shape index (κ1) is 17.0. The van der Waals surface area contributed by atoms with E-state index in [4.69, 9.17) is 9.15 Å². The van der Waals surface area contributed by atoms with Gasteiger partial charge in [0.25, 0.3) is 5.69 Å². The van der Waals surface area contributed by atoms with Gasteiger partial charge in [-0.15, -0.1) is 0 Å². The van der Waals surface area contributed by atoms with Crippen LogP contribution in [0, 0.1) is 17.0 Å². The zero-order chi connectivity index (χ0) is 17.8. The van der Waals surface area contributed by atoms with Crippen molar-refractivity contribution >= 4 is 11.7 Å². The van der Waals surface area contributed by atoms with Gasteiger partial charge < -0.3 is 19.4 Å². The Kier molecular flexibility index (Phi) is 4.99. The molecule has 25 heavy (non-hydrogen) atoms. The summed E-state index contributed by atoms with van der Waals surface area (Å²) in [5, 5.41) is 13.6. The number of hydrogen-bond acceptors (Lipinski definition) is 5. The fraction of sp³-hybridized carbons (Fsp3) is 0.353. The van der Waals surface area contributed by atoms with Crippen LogP contribution in [0.1, 0.15) is 23.2 Å². The van der Waals surface area contributed by atoms with Crippen molar-refractivity contribution in [2.75, 3.05) is 19.7 Å². The van der Waals surface area contributed by atoms with Crippen LogP contribution in [0.25, 0.3) is 0 Å². The van der Waals surface area contributed by atoms with Crippen LogP contribution in [0.4, 0.5) is 10.5 Å². The third kappa shape index (κ3) is 4.16. The molecule has 8 heteroatoms. The molecule has 1 aliphatic rings. The number of benzene rings is 1. The number of non-ortho nitro benzene ring substituents is 1. The molecule has 2 heterocycles. The number of ether oxygens (including phenoxy) is 1. The summed E-state index contributed by atoms with van der Waals surface area (Å²) in [5.41, 5.74) is 0.681. The summed E-state index contributed by atoms with van der Waals surface area (Å²) < 4.78 is 11.2. The first-order chi connectivity index (χ1) is 12.0. The summed E-state index contributed by atoms with van der Waals surface area (Å²) in [7, 11) is 0. The van der Waals surface area contributed by atoms with E-state index in [9.17, 15) is 14.9 Å². The third-order valence-corrected chi connectivity index (χ3v) is 4.00. The maximum Gasteiger partial charge on any atom is 0.317 e. The third-order valence-electron chi connectivity index (χ3n) is 4.00. The van der Waals surface area contributed by atoms with Gasteiger partial charge in [-0.05, 0) is 24.6 Å². The molecule has 2 aromatic rings. The number of carbonyl (C=O) groups excluding carboxylic acids is 1. The van der Waals surface area contributed by atoms with Gasteiger partial charge in [0.15, 0.2) is 0 Å². The average molecular weight is 345 g/mol. The Hall–Kier alpha value is -2.87. The Morgan fingerprint density at radius 2 is 2.24 bits per heavy atom. The van der Waals surface area contributed by atoms with Gasteiger partial charge in [-0.1, -0.05) is 12.1 Å². The summed E-state index contributed by atoms with van der Waals surface area (Å²) >= 11 is 0. The van der Waals surface area contributed by atoms with Crippen LogP contribution >= 0.6 is 0 Å². The molecule has 1 aliphatic heterocycles. The van der Waals surface area contributed by atoms with Crippen LogP contribution in [0.5, 0.6) is 0 Å². The summed E-state index contributed by atoms with van der Waals surface area (Å²) in [6.45, 7) is 3.39. The number of morpholine rings is 1. The number of rotatable bonds is 4. The lowest BCUT2D eigenvalue weighted by Crippen LogP contribution is -2.46. The number of nitro groups is 1. The molecule has 0 spiro atoms. The van der Waals surface area contributed by atoms with E-state index in [0.717, 1.165) is 5.76 Å². The first-order valence-electron chi connectivity index (χ1n) is 7.97. The van der Waals surface area contributed by atoms with Crippen LogP contribution in [0.3, 0.4) is 0 Å². The van der Waals surface area contributed by atoms with E-state index < -0.39 is 4.92 Å². The van der Waals surface area contributed by atoms with Gasteiger partial charge >= 0.3 is 6.03 Å². The highest BCUT2D eigenvalue weighted by Gasteiger charge is 2.27. The molecule has 1 atom stereocenters. The number of hydrogen-bond donors (Lipinski definition) is 1. The highest BCUT2D eigenvalue weighted by atomic mass is 16.6. The number of urea groups is 1. The minimum absolute atomic E-state index is 0.00590. The highest BCUT2D eigenvalue weighted by molar-refractivity contribution is 5.74. The van der Waals surface area contributed by atoms with E-state index in [1.165, 1.54) is 12.1 Å². The van der Waals surface area contributed by atoms with Crippen LogP contribution in [0.2, 0.25) is 0 Å². The number of nitrogens with zero attached hydrogens (tertiary/aromatic N) is 2. The van der Waals surface area contributed by atoms with E-state index in [-0.39, 0.29) is 24.4 Å². The Labute approximate surface area is 144 Å². The average Bonchev–Trinajstić information content (AvgIpc) is 3.06. The highest BCUT2D eigenvalue weighted by Crippen LogP contribution is 2.24. The Balaban J connectivity index is 1.57. The molecule has 8 nitrogen and oxygen atoms in total. The van der Waals surface area contributed by atoms with Crippen LogP contribution in [0.15, 0.2) is 40.8 Å². The second-order valence-electron chi connectivity index (χ2n) is 5.84. The van der Waals surface area contributed by atoms with Crippen molar-refractivity contribution in [1.82, 2.24) is 10.2 Å². The van der Waals surface area contributed by atoms with Gasteiger partial charge in [-0.25, -0.2) is 4.79 Å². The standard InChI is InChI=1S/C17H19N3O5/c1-12-5-6-15(25-12)16-11-19(7-8-24-16)17(21)18-10-13-3-2-4-14(9-13)20(22)23/h2-6,9,16H,7-8,10-11H2,1H3,(H,18,21)/t16-/m1/s1. The number of furan rings is 1. The fourth-order valence-electron chi connectivity index (χ4n) is 2.70. The molecule has 0 aliphatic carbocycles. The van der Waals surface area contributed by atoms with Crippen molar-refractivity contribution in [3.63, 3.8) is 0 Å². The summed E-state index contributed by atoms with van der Waals surface area (Å²) in [6, 6.07) is 9.69. The number of aryl methyl sites for hydroxylation is 1. The predicted molar refractivity (Wildman–Crippen MR) is 89.0 cm³/mol. The summed E-state index contributed by atoms with van der Waals surface area (Å²) in [5.74, 6) is 1.50. The lowest BCUT2D eigenvalue weighted by Gasteiger charge is -2.32. The second-order valence-corrected chi connectivity index (χ2v) is 5.84. The monoisotopic (exact) mass is 345 g/mol. The van der Waals surface area contributed by atoms with Gasteiger partial charge in [0, 0.05) is 25.2 Å². The number of carbonyl (C=O) groups is 1. The van der Waals surface area contributed by atoms with Gasteiger partial charge in [0.2, 0.25) is 0 Å². The smallest absolute Gasteiger partial charge is 0.317 e. The van der Waals surface area contributed by atoms with Crippen molar-refractivity contribution < 1.29 is 18.9 Å². The molecule has 3 rings (SSSR count). The minimum atomic E-state index is -0.455. The quantitative estimate of drug-likeness (QED) is 0.679. The largest absolute Gasteiger partial charge is 0.464 e. The van der Waals surface area contributed by atoms with Crippen molar-refractivity contribution in [1.29, 1.82) is 0 Å². The van der Waals surface area contributed by atoms with Gasteiger partial charge in [0.1, 0.15) is 17.6 Å². The Morgan fingerprint density at radius 1 is 1.40 bits per heavy atom. The minimum Gasteiger partial charge on any atom is -0.464 e. The zero-order valence-corrected chi connectivity index (χ0v) is 13.8. The zero-order valence-electron chi connectivity index (χ0n) is 13.8. The van der Waals surface area contributed by atoms with E-state index in [2.05, 4.69) is 5.32 Å². The fourth-order valence-corrected chi connectivity index (χ4v) is 2.70. The molecule has 0 radical (unpaired) electrons. The van der Waals surface area contributed by atoms with Crippen LogP contribution in [-0.4, -0.2) is 35.6 Å². The van der Waals surface area contributed by atoms with Crippen molar-refractivity contribution in [2.45, 2.75) is 19.6 Å². The lowest BCUT2D eigenvalue weighted by molar-refractivity contribution is -0.384. The lowest BCUT2D eigenvalue weighted by atomic mass is 10.2. The van der Waals surface area contributed by atoms with E-state index >= 15 is 0 Å². The van der Waals surface area contributed by atoms with Crippen LogP contribution < -0.4 is 5.32 Å². The molecule has 0 bridgehead atoms. The summed E-state index contributed by atoms with van der Waals surface area (Å²) in [4.78, 5) is 24.4. The number of nitrogens with one attached hydrogen (secondary N) is 1. The molecule has 1 fully saturated rings. The Bertz CT molecular complexity index is 773.